The molecule has 1 aliphatic heterocycles. The van der Waals surface area contributed by atoms with E-state index >= 15 is 4.39 Å². The highest BCUT2D eigenvalue weighted by Gasteiger charge is 2.58. The number of nitrogens with zero attached hydrogens (tertiary/aromatic N) is 2. The molecule has 12 nitrogen and oxygen atoms in total. The van der Waals surface area contributed by atoms with Gasteiger partial charge in [0.1, 0.15) is 29.8 Å². The molecule has 1 saturated heterocycles. The Kier molecular flexibility index (Phi) is 8.75. The molecule has 2 heterocycles. The van der Waals surface area contributed by atoms with Crippen molar-refractivity contribution in [2.24, 2.45) is 0 Å². The Morgan fingerprint density at radius 2 is 2.03 bits per heavy atom. The molecule has 0 unspecified atom stereocenters. The van der Waals surface area contributed by atoms with Crippen LogP contribution < -0.4 is 21.0 Å². The number of nitrogens with one attached hydrogen (secondary N) is 1. The maximum Gasteiger partial charge on any atom is 0.459 e. The minimum Gasteiger partial charge on any atom is -0.462 e. The zero-order chi connectivity index (χ0) is 26.7. The van der Waals surface area contributed by atoms with Crippen LogP contribution >= 0.6 is 19.3 Å². The predicted octanol–water partition coefficient (Wildman–Crippen LogP) is 2.12. The number of carbonyl (C=O) groups is 1. The fraction of sp³-hybridized carbons (Fsp3) is 0.476. The van der Waals surface area contributed by atoms with E-state index in [4.69, 9.17) is 35.9 Å². The number of nitrogen functional groups attached to an aromatic ring is 1. The molecule has 0 bridgehead atoms. The number of para-hydroxylation sites is 1. The Morgan fingerprint density at radius 1 is 1.36 bits per heavy atom. The molecule has 0 saturated carbocycles. The number of aliphatic hydroxyl groups is 1. The molecular formula is C21H27ClFN4O8P. The van der Waals surface area contributed by atoms with Gasteiger partial charge >= 0.3 is 19.4 Å². The lowest BCUT2D eigenvalue weighted by atomic mass is 10.1. The summed E-state index contributed by atoms with van der Waals surface area (Å²) in [6.07, 6.45) is -4.62. The van der Waals surface area contributed by atoms with E-state index in [1.54, 1.807) is 32.0 Å². The Labute approximate surface area is 211 Å². The number of hydrogen-bond acceptors (Lipinski definition) is 10. The molecule has 2 aromatic rings. The highest BCUT2D eigenvalue weighted by Crippen LogP contribution is 2.48. The standard InChI is InChI=1S/C21H27ClFN4O8P/c1-12(2)33-18(29)13(3)26-36(31,35-14-7-5-4-6-8-14)32-11-15-17(28)21(22,23)19(34-15)27-10-9-16(24)25-20(27)30/h4-10,12-13,15,17,19,28H,11H2,1-3H3,(H,26,31)(H2,24,25,30)/t13-,15-,17-,19-,21+,36+/m1/s1. The quantitative estimate of drug-likeness (QED) is 0.226. The van der Waals surface area contributed by atoms with E-state index in [-0.39, 0.29) is 11.6 Å². The van der Waals surface area contributed by atoms with Crippen LogP contribution in [0.25, 0.3) is 0 Å². The normalized spacial score (nSPS) is 26.4. The first-order valence-corrected chi connectivity index (χ1v) is 12.8. The van der Waals surface area contributed by atoms with Crippen LogP contribution in [0.3, 0.4) is 0 Å². The van der Waals surface area contributed by atoms with Gasteiger partial charge in [-0.15, -0.1) is 0 Å². The van der Waals surface area contributed by atoms with Gasteiger partial charge < -0.3 is 24.8 Å². The fourth-order valence-corrected chi connectivity index (χ4v) is 5.02. The number of benzene rings is 1. The van der Waals surface area contributed by atoms with Gasteiger partial charge in [0.25, 0.3) is 5.13 Å². The summed E-state index contributed by atoms with van der Waals surface area (Å²) in [6, 6.07) is 8.03. The van der Waals surface area contributed by atoms with E-state index in [2.05, 4.69) is 10.1 Å². The number of aromatic nitrogens is 2. The van der Waals surface area contributed by atoms with Gasteiger partial charge in [-0.2, -0.15) is 10.1 Å². The van der Waals surface area contributed by atoms with Crippen molar-refractivity contribution in [3.8, 4) is 5.75 Å². The molecule has 1 fully saturated rings. The number of rotatable bonds is 10. The van der Waals surface area contributed by atoms with Crippen molar-refractivity contribution in [3.63, 3.8) is 0 Å². The maximum absolute atomic E-state index is 15.2. The van der Waals surface area contributed by atoms with Crippen LogP contribution in [0, 0.1) is 0 Å². The molecule has 36 heavy (non-hydrogen) atoms. The van der Waals surface area contributed by atoms with Gasteiger partial charge in [-0.25, -0.2) is 13.8 Å². The summed E-state index contributed by atoms with van der Waals surface area (Å²) in [7, 11) is -4.33. The summed E-state index contributed by atoms with van der Waals surface area (Å²) in [4.78, 5) is 27.9. The van der Waals surface area contributed by atoms with Gasteiger partial charge in [-0.3, -0.25) is 13.9 Å². The van der Waals surface area contributed by atoms with Crippen molar-refractivity contribution in [1.82, 2.24) is 14.6 Å². The number of alkyl halides is 2. The number of aliphatic hydroxyl groups excluding tert-OH is 1. The number of ether oxygens (including phenoxy) is 2. The first kappa shape index (κ1) is 28.0. The molecule has 4 N–H and O–H groups in total. The monoisotopic (exact) mass is 548 g/mol. The molecule has 198 valence electrons. The molecule has 0 spiro atoms. The smallest absolute Gasteiger partial charge is 0.459 e. The predicted molar refractivity (Wildman–Crippen MR) is 127 cm³/mol. The summed E-state index contributed by atoms with van der Waals surface area (Å²) in [5, 5.41) is 9.94. The van der Waals surface area contributed by atoms with Crippen molar-refractivity contribution in [3.05, 3.63) is 53.1 Å². The molecule has 15 heteroatoms. The largest absolute Gasteiger partial charge is 0.462 e. The Morgan fingerprint density at radius 3 is 2.64 bits per heavy atom. The lowest BCUT2D eigenvalue weighted by Crippen LogP contribution is -2.41. The zero-order valence-corrected chi connectivity index (χ0v) is 21.3. The molecule has 1 aromatic carbocycles. The summed E-state index contributed by atoms with van der Waals surface area (Å²) < 4.78 is 51.0. The summed E-state index contributed by atoms with van der Waals surface area (Å²) in [5.74, 6) is -0.689. The van der Waals surface area contributed by atoms with Gasteiger partial charge in [-0.05, 0) is 39.0 Å². The summed E-state index contributed by atoms with van der Waals surface area (Å²) >= 11 is 5.89. The molecule has 1 aromatic heterocycles. The summed E-state index contributed by atoms with van der Waals surface area (Å²) in [6.45, 7) is 3.98. The molecule has 0 radical (unpaired) electrons. The van der Waals surface area contributed by atoms with Crippen molar-refractivity contribution in [2.45, 2.75) is 56.5 Å². The average Bonchev–Trinajstić information content (AvgIpc) is 3.01. The Bertz CT molecular complexity index is 1170. The minimum absolute atomic E-state index is 0.108. The van der Waals surface area contributed by atoms with Crippen LogP contribution in [0.1, 0.15) is 27.0 Å². The van der Waals surface area contributed by atoms with E-state index in [1.807, 2.05) is 0 Å². The third kappa shape index (κ3) is 6.61. The van der Waals surface area contributed by atoms with Gasteiger partial charge in [0.2, 0.25) is 0 Å². The van der Waals surface area contributed by atoms with E-state index in [0.29, 0.717) is 0 Å². The van der Waals surface area contributed by atoms with Crippen molar-refractivity contribution in [2.75, 3.05) is 12.3 Å². The number of anilines is 1. The molecule has 6 atom stereocenters. The number of nitrogens with two attached hydrogens (primary N) is 1. The third-order valence-electron chi connectivity index (χ3n) is 4.92. The molecule has 1 aliphatic rings. The molecular weight excluding hydrogens is 522 g/mol. The number of esters is 1. The lowest BCUT2D eigenvalue weighted by molar-refractivity contribution is -0.149. The molecule has 3 rings (SSSR count). The van der Waals surface area contributed by atoms with Crippen LogP contribution in [0.15, 0.2) is 47.4 Å². The van der Waals surface area contributed by atoms with E-state index in [1.165, 1.54) is 25.1 Å². The SMILES string of the molecule is CC(C)OC(=O)[C@@H](C)N[P@](=O)(OC[C@H]1O[C@@H](n2ccc(N)nc2=O)[C@](F)(Cl)[C@@H]1O)Oc1ccccc1. The van der Waals surface area contributed by atoms with Crippen LogP contribution in [-0.2, 0) is 23.4 Å². The lowest BCUT2D eigenvalue weighted by Gasteiger charge is -2.25. The van der Waals surface area contributed by atoms with Crippen LogP contribution in [-0.4, -0.2) is 56.7 Å². The van der Waals surface area contributed by atoms with Gasteiger partial charge in [0, 0.05) is 6.20 Å². The molecule has 0 aliphatic carbocycles. The van der Waals surface area contributed by atoms with Gasteiger partial charge in [0.05, 0.1) is 12.7 Å². The van der Waals surface area contributed by atoms with Crippen LogP contribution in [0.5, 0.6) is 5.75 Å². The maximum atomic E-state index is 15.2. The van der Waals surface area contributed by atoms with Crippen LogP contribution in [0.2, 0.25) is 0 Å². The Hall–Kier alpha value is -2.54. The van der Waals surface area contributed by atoms with Crippen molar-refractivity contribution < 1.29 is 37.4 Å². The molecule has 0 amide bonds. The van der Waals surface area contributed by atoms with Crippen molar-refractivity contribution in [1.29, 1.82) is 0 Å². The third-order valence-corrected chi connectivity index (χ3v) is 6.97. The van der Waals surface area contributed by atoms with Crippen molar-refractivity contribution >= 4 is 31.1 Å². The zero-order valence-electron chi connectivity index (χ0n) is 19.6. The number of halogens is 2. The van der Waals surface area contributed by atoms with Crippen LogP contribution in [0.4, 0.5) is 10.2 Å². The second-order valence-corrected chi connectivity index (χ2v) is 10.5. The number of carbonyl (C=O) groups excluding carboxylic acids is 1. The van der Waals surface area contributed by atoms with E-state index < -0.39 is 61.7 Å². The second kappa shape index (κ2) is 11.2. The number of hydrogen-bond donors (Lipinski definition) is 3. The van der Waals surface area contributed by atoms with Gasteiger partial charge in [0.15, 0.2) is 6.23 Å². The van der Waals surface area contributed by atoms with E-state index in [9.17, 15) is 19.3 Å². The van der Waals surface area contributed by atoms with E-state index in [0.717, 1.165) is 10.8 Å². The topological polar surface area (TPSA) is 164 Å². The highest BCUT2D eigenvalue weighted by molar-refractivity contribution is 7.52. The Balaban J connectivity index is 1.79. The van der Waals surface area contributed by atoms with Gasteiger partial charge in [-0.1, -0.05) is 29.8 Å². The average molecular weight is 549 g/mol. The highest BCUT2D eigenvalue weighted by atomic mass is 35.5. The second-order valence-electron chi connectivity index (χ2n) is 8.22. The summed E-state index contributed by atoms with van der Waals surface area (Å²) in [5.41, 5.74) is 4.48. The fourth-order valence-electron chi connectivity index (χ4n) is 3.22. The minimum atomic E-state index is -4.33. The first-order valence-electron chi connectivity index (χ1n) is 10.9. The first-order chi connectivity index (χ1) is 16.8.